The van der Waals surface area contributed by atoms with Crippen molar-refractivity contribution in [3.63, 3.8) is 0 Å². The normalized spacial score (nSPS) is 11.2. The van der Waals surface area contributed by atoms with Gasteiger partial charge in [0.2, 0.25) is 5.91 Å². The Hall–Kier alpha value is -3.46. The lowest BCUT2D eigenvalue weighted by Gasteiger charge is -2.14. The predicted molar refractivity (Wildman–Crippen MR) is 111 cm³/mol. The molecule has 0 saturated heterocycles. The molecule has 0 atom stereocenters. The van der Waals surface area contributed by atoms with Crippen LogP contribution in [-0.2, 0) is 4.74 Å². The summed E-state index contributed by atoms with van der Waals surface area (Å²) < 4.78 is 5.51. The summed E-state index contributed by atoms with van der Waals surface area (Å²) in [5.41, 5.74) is 13.5. The summed E-state index contributed by atoms with van der Waals surface area (Å²) in [6, 6.07) is 8.12. The molecule has 3 aromatic rings. The maximum absolute atomic E-state index is 11.4. The minimum atomic E-state index is -0.557. The highest BCUT2D eigenvalue weighted by Gasteiger charge is 2.17. The number of thiol groups is 1. The monoisotopic (exact) mass is 397 g/mol. The van der Waals surface area contributed by atoms with Gasteiger partial charge in [0.05, 0.1) is 6.61 Å². The third-order valence-electron chi connectivity index (χ3n) is 4.01. The zero-order chi connectivity index (χ0) is 20.3. The van der Waals surface area contributed by atoms with Crippen molar-refractivity contribution in [1.82, 2.24) is 15.0 Å². The number of carbonyl (C=O) groups is 1. The van der Waals surface area contributed by atoms with Gasteiger partial charge in [0.25, 0.3) is 0 Å². The average Bonchev–Trinajstić information content (AvgIpc) is 3.10. The van der Waals surface area contributed by atoms with Gasteiger partial charge in [-0.05, 0) is 42.6 Å². The lowest BCUT2D eigenvalue weighted by Crippen LogP contribution is -2.10. The summed E-state index contributed by atoms with van der Waals surface area (Å²) in [7, 11) is 0. The highest BCUT2D eigenvalue weighted by Crippen LogP contribution is 2.33. The standard InChI is InChI=1S/C19H19N5O3S/c1-11(27-8-9-28)13-3-5-17(18(25)14(13)6-7-20)24-22-15-4-2-12(19(21)26)10-16(15)23-24/h2-7,10,25,28H,1,8-9,20H2,(H2,21,26)/b7-6-. The van der Waals surface area contributed by atoms with Crippen LogP contribution in [0.4, 0.5) is 0 Å². The van der Waals surface area contributed by atoms with Crippen LogP contribution in [0.25, 0.3) is 28.6 Å². The molecule has 2 aromatic carbocycles. The van der Waals surface area contributed by atoms with Gasteiger partial charge in [0, 0.05) is 22.4 Å². The third-order valence-corrected chi connectivity index (χ3v) is 4.19. The molecule has 8 nitrogen and oxygen atoms in total. The minimum Gasteiger partial charge on any atom is -0.505 e. The average molecular weight is 397 g/mol. The number of fused-ring (bicyclic) bond motifs is 1. The Balaban J connectivity index is 2.09. The number of rotatable bonds is 7. The van der Waals surface area contributed by atoms with E-state index in [0.29, 0.717) is 51.5 Å². The number of nitrogens with two attached hydrogens (primary N) is 2. The fourth-order valence-electron chi connectivity index (χ4n) is 2.69. The SMILES string of the molecule is C=C(OCCS)c1ccc(-n2nc3ccc(C(N)=O)cc3n2)c(O)c1/C=C\N. The Labute approximate surface area is 166 Å². The molecule has 0 saturated carbocycles. The molecule has 9 heteroatoms. The van der Waals surface area contributed by atoms with Crippen LogP contribution in [0.2, 0.25) is 0 Å². The van der Waals surface area contributed by atoms with E-state index in [1.807, 2.05) is 0 Å². The van der Waals surface area contributed by atoms with E-state index in [0.717, 1.165) is 0 Å². The molecule has 5 N–H and O–H groups in total. The van der Waals surface area contributed by atoms with Gasteiger partial charge >= 0.3 is 0 Å². The number of aromatic hydroxyl groups is 1. The van der Waals surface area contributed by atoms with E-state index >= 15 is 0 Å². The van der Waals surface area contributed by atoms with Crippen LogP contribution < -0.4 is 11.5 Å². The van der Waals surface area contributed by atoms with Gasteiger partial charge in [-0.2, -0.15) is 12.6 Å². The fraction of sp³-hybridized carbons (Fsp3) is 0.105. The van der Waals surface area contributed by atoms with Gasteiger partial charge in [-0.25, -0.2) is 0 Å². The largest absolute Gasteiger partial charge is 0.505 e. The Morgan fingerprint density at radius 2 is 2.04 bits per heavy atom. The minimum absolute atomic E-state index is 0.0924. The van der Waals surface area contributed by atoms with Gasteiger partial charge in [-0.1, -0.05) is 6.58 Å². The predicted octanol–water partition coefficient (Wildman–Crippen LogP) is 2.07. The van der Waals surface area contributed by atoms with E-state index in [4.69, 9.17) is 16.2 Å². The molecule has 1 amide bonds. The summed E-state index contributed by atoms with van der Waals surface area (Å²) in [5, 5.41) is 19.5. The van der Waals surface area contributed by atoms with Crippen molar-refractivity contribution < 1.29 is 14.6 Å². The third kappa shape index (κ3) is 3.65. The van der Waals surface area contributed by atoms with Crippen molar-refractivity contribution in [3.8, 4) is 11.4 Å². The highest BCUT2D eigenvalue weighted by molar-refractivity contribution is 7.80. The van der Waals surface area contributed by atoms with Crippen LogP contribution in [0, 0.1) is 0 Å². The number of nitrogens with zero attached hydrogens (tertiary/aromatic N) is 3. The molecule has 144 valence electrons. The molecule has 0 fully saturated rings. The molecule has 3 rings (SSSR count). The first-order valence-electron chi connectivity index (χ1n) is 8.30. The number of aromatic nitrogens is 3. The maximum atomic E-state index is 11.4. The molecule has 0 bridgehead atoms. The Bertz CT molecular complexity index is 1090. The van der Waals surface area contributed by atoms with Crippen molar-refractivity contribution in [2.75, 3.05) is 12.4 Å². The second-order valence-corrected chi connectivity index (χ2v) is 6.25. The molecular formula is C19H19N5O3S. The molecular weight excluding hydrogens is 378 g/mol. The molecule has 0 radical (unpaired) electrons. The van der Waals surface area contributed by atoms with Crippen molar-refractivity contribution in [3.05, 3.63) is 59.8 Å². The van der Waals surface area contributed by atoms with Crippen molar-refractivity contribution in [1.29, 1.82) is 0 Å². The topological polar surface area (TPSA) is 129 Å². The number of carbonyl (C=O) groups excluding carboxylic acids is 1. The number of ether oxygens (including phenoxy) is 1. The smallest absolute Gasteiger partial charge is 0.248 e. The van der Waals surface area contributed by atoms with Gasteiger partial charge in [-0.15, -0.1) is 15.0 Å². The number of hydrogen-bond acceptors (Lipinski definition) is 7. The van der Waals surface area contributed by atoms with E-state index in [1.54, 1.807) is 30.3 Å². The number of phenolic OH excluding ortho intramolecular Hbond substituents is 1. The van der Waals surface area contributed by atoms with Crippen molar-refractivity contribution in [2.45, 2.75) is 0 Å². The zero-order valence-corrected chi connectivity index (χ0v) is 15.8. The summed E-state index contributed by atoms with van der Waals surface area (Å²) in [6.07, 6.45) is 2.85. The number of amides is 1. The van der Waals surface area contributed by atoms with Gasteiger partial charge < -0.3 is 21.3 Å². The number of primary amides is 1. The van der Waals surface area contributed by atoms with Crippen LogP contribution in [-0.4, -0.2) is 38.4 Å². The number of hydrogen-bond donors (Lipinski definition) is 4. The summed E-state index contributed by atoms with van der Waals surface area (Å²) in [6.45, 7) is 4.27. The summed E-state index contributed by atoms with van der Waals surface area (Å²) in [4.78, 5) is 12.6. The second-order valence-electron chi connectivity index (χ2n) is 5.81. The molecule has 0 aliphatic rings. The van der Waals surface area contributed by atoms with E-state index in [2.05, 4.69) is 29.4 Å². The maximum Gasteiger partial charge on any atom is 0.248 e. The quantitative estimate of drug-likeness (QED) is 0.357. The van der Waals surface area contributed by atoms with Gasteiger partial charge in [-0.3, -0.25) is 4.79 Å². The molecule has 0 aliphatic heterocycles. The first-order valence-corrected chi connectivity index (χ1v) is 8.94. The van der Waals surface area contributed by atoms with E-state index in [-0.39, 0.29) is 5.75 Å². The molecule has 0 aliphatic carbocycles. The lowest BCUT2D eigenvalue weighted by atomic mass is 10.0. The fourth-order valence-corrected chi connectivity index (χ4v) is 2.78. The van der Waals surface area contributed by atoms with Crippen LogP contribution in [0.3, 0.4) is 0 Å². The highest BCUT2D eigenvalue weighted by atomic mass is 32.1. The second kappa shape index (κ2) is 8.05. The van der Waals surface area contributed by atoms with Gasteiger partial charge in [0.15, 0.2) is 5.75 Å². The number of phenols is 1. The Morgan fingerprint density at radius 1 is 1.29 bits per heavy atom. The molecule has 0 spiro atoms. The summed E-state index contributed by atoms with van der Waals surface area (Å²) in [5.74, 6) is 0.264. The van der Waals surface area contributed by atoms with E-state index in [9.17, 15) is 9.90 Å². The summed E-state index contributed by atoms with van der Waals surface area (Å²) >= 11 is 4.11. The van der Waals surface area contributed by atoms with Crippen LogP contribution in [0.15, 0.2) is 43.1 Å². The van der Waals surface area contributed by atoms with Crippen LogP contribution >= 0.6 is 12.6 Å². The number of benzene rings is 2. The van der Waals surface area contributed by atoms with Gasteiger partial charge in [0.1, 0.15) is 22.5 Å². The Morgan fingerprint density at radius 3 is 2.71 bits per heavy atom. The van der Waals surface area contributed by atoms with E-state index in [1.165, 1.54) is 17.1 Å². The van der Waals surface area contributed by atoms with Crippen molar-refractivity contribution in [2.24, 2.45) is 11.5 Å². The molecule has 28 heavy (non-hydrogen) atoms. The molecule has 1 heterocycles. The van der Waals surface area contributed by atoms with Crippen molar-refractivity contribution >= 4 is 41.4 Å². The first kappa shape index (κ1) is 19.3. The van der Waals surface area contributed by atoms with Crippen LogP contribution in [0.5, 0.6) is 5.75 Å². The zero-order valence-electron chi connectivity index (χ0n) is 14.9. The molecule has 0 unspecified atom stereocenters. The first-order chi connectivity index (χ1) is 13.5. The molecule has 1 aromatic heterocycles. The van der Waals surface area contributed by atoms with Crippen LogP contribution in [0.1, 0.15) is 21.5 Å². The Kier molecular flexibility index (Phi) is 5.55. The lowest BCUT2D eigenvalue weighted by molar-refractivity contribution is 0.100. The van der Waals surface area contributed by atoms with E-state index < -0.39 is 5.91 Å².